The SMILES string of the molecule is CC1(c2nc(-c3ccsn3)no2)CC=CCC1. The molecular formula is C12H13N3OS. The first-order valence-corrected chi connectivity index (χ1v) is 6.51. The molecule has 1 aliphatic carbocycles. The Labute approximate surface area is 104 Å². The van der Waals surface area contributed by atoms with Crippen LogP contribution in [0.4, 0.5) is 0 Å². The van der Waals surface area contributed by atoms with Gasteiger partial charge in [0.15, 0.2) is 0 Å². The van der Waals surface area contributed by atoms with Crippen LogP contribution in [0.3, 0.4) is 0 Å². The average Bonchev–Trinajstić information content (AvgIpc) is 3.01. The van der Waals surface area contributed by atoms with Crippen LogP contribution in [0.2, 0.25) is 0 Å². The van der Waals surface area contributed by atoms with Crippen molar-refractivity contribution in [2.24, 2.45) is 0 Å². The monoisotopic (exact) mass is 247 g/mol. The third-order valence-electron chi connectivity index (χ3n) is 3.21. The summed E-state index contributed by atoms with van der Waals surface area (Å²) in [6.07, 6.45) is 7.49. The standard InChI is InChI=1S/C12H13N3OS/c1-12(6-3-2-4-7-12)11-13-10(14-16-11)9-5-8-17-15-9/h2-3,5,8H,4,6-7H2,1H3. The summed E-state index contributed by atoms with van der Waals surface area (Å²) in [7, 11) is 0. The van der Waals surface area contributed by atoms with Crippen LogP contribution in [-0.2, 0) is 5.41 Å². The van der Waals surface area contributed by atoms with Gasteiger partial charge in [-0.15, -0.1) is 0 Å². The smallest absolute Gasteiger partial charge is 0.233 e. The maximum Gasteiger partial charge on any atom is 0.233 e. The van der Waals surface area contributed by atoms with Crippen molar-refractivity contribution < 1.29 is 4.52 Å². The van der Waals surface area contributed by atoms with E-state index < -0.39 is 0 Å². The third-order valence-corrected chi connectivity index (χ3v) is 3.77. The van der Waals surface area contributed by atoms with Gasteiger partial charge in [-0.2, -0.15) is 9.36 Å². The second-order valence-electron chi connectivity index (χ2n) is 4.58. The van der Waals surface area contributed by atoms with Gasteiger partial charge in [0.05, 0.1) is 5.41 Å². The fourth-order valence-electron chi connectivity index (χ4n) is 2.06. The van der Waals surface area contributed by atoms with E-state index in [0.717, 1.165) is 30.8 Å². The van der Waals surface area contributed by atoms with E-state index >= 15 is 0 Å². The van der Waals surface area contributed by atoms with Gasteiger partial charge in [-0.05, 0) is 36.9 Å². The molecule has 0 aliphatic heterocycles. The van der Waals surface area contributed by atoms with Crippen molar-refractivity contribution in [2.45, 2.75) is 31.6 Å². The van der Waals surface area contributed by atoms with Crippen molar-refractivity contribution in [1.29, 1.82) is 0 Å². The van der Waals surface area contributed by atoms with Gasteiger partial charge in [-0.3, -0.25) is 0 Å². The third kappa shape index (κ3) is 1.91. The lowest BCUT2D eigenvalue weighted by atomic mass is 9.79. The topological polar surface area (TPSA) is 51.8 Å². The summed E-state index contributed by atoms with van der Waals surface area (Å²) in [5, 5.41) is 5.93. The molecule has 2 aromatic rings. The summed E-state index contributed by atoms with van der Waals surface area (Å²) in [6.45, 7) is 2.18. The summed E-state index contributed by atoms with van der Waals surface area (Å²) in [5.74, 6) is 1.32. The van der Waals surface area contributed by atoms with E-state index in [1.165, 1.54) is 11.5 Å². The highest BCUT2D eigenvalue weighted by molar-refractivity contribution is 7.03. The average molecular weight is 247 g/mol. The molecule has 1 atom stereocenters. The molecule has 0 amide bonds. The molecule has 0 fully saturated rings. The molecule has 0 bridgehead atoms. The second kappa shape index (κ2) is 4.07. The van der Waals surface area contributed by atoms with Crippen molar-refractivity contribution in [1.82, 2.24) is 14.5 Å². The molecule has 1 aliphatic rings. The van der Waals surface area contributed by atoms with E-state index in [1.54, 1.807) is 0 Å². The predicted molar refractivity (Wildman–Crippen MR) is 65.7 cm³/mol. The Hall–Kier alpha value is -1.49. The van der Waals surface area contributed by atoms with Crippen LogP contribution in [0.1, 0.15) is 32.1 Å². The first-order chi connectivity index (χ1) is 8.28. The van der Waals surface area contributed by atoms with Gasteiger partial charge in [0.2, 0.25) is 11.7 Å². The highest BCUT2D eigenvalue weighted by Gasteiger charge is 2.33. The summed E-state index contributed by atoms with van der Waals surface area (Å²) < 4.78 is 9.61. The summed E-state index contributed by atoms with van der Waals surface area (Å²) in [4.78, 5) is 4.48. The van der Waals surface area contributed by atoms with Crippen molar-refractivity contribution in [2.75, 3.05) is 0 Å². The van der Waals surface area contributed by atoms with E-state index in [-0.39, 0.29) is 5.41 Å². The quantitative estimate of drug-likeness (QED) is 0.765. The largest absolute Gasteiger partial charge is 0.338 e. The zero-order valence-electron chi connectivity index (χ0n) is 9.59. The summed E-state index contributed by atoms with van der Waals surface area (Å²) in [6, 6.07) is 1.91. The van der Waals surface area contributed by atoms with E-state index in [4.69, 9.17) is 4.52 Å². The lowest BCUT2D eigenvalue weighted by Crippen LogP contribution is -2.23. The highest BCUT2D eigenvalue weighted by atomic mass is 32.1. The molecule has 0 aromatic carbocycles. The summed E-state index contributed by atoms with van der Waals surface area (Å²) >= 11 is 1.40. The highest BCUT2D eigenvalue weighted by Crippen LogP contribution is 2.35. The van der Waals surface area contributed by atoms with Crippen LogP contribution in [0.5, 0.6) is 0 Å². The number of allylic oxidation sites excluding steroid dienone is 2. The van der Waals surface area contributed by atoms with E-state index in [0.29, 0.717) is 5.82 Å². The van der Waals surface area contributed by atoms with Gasteiger partial charge in [0.1, 0.15) is 5.69 Å². The molecule has 0 saturated heterocycles. The molecule has 17 heavy (non-hydrogen) atoms. The Bertz CT molecular complexity index is 532. The molecule has 4 nitrogen and oxygen atoms in total. The molecule has 88 valence electrons. The minimum Gasteiger partial charge on any atom is -0.338 e. The maximum atomic E-state index is 5.40. The van der Waals surface area contributed by atoms with Crippen molar-refractivity contribution in [3.05, 3.63) is 29.5 Å². The number of nitrogens with zero attached hydrogens (tertiary/aromatic N) is 3. The lowest BCUT2D eigenvalue weighted by Gasteiger charge is -2.25. The fourth-order valence-corrected chi connectivity index (χ4v) is 2.57. The minimum atomic E-state index is -0.0178. The zero-order chi connectivity index (χ0) is 11.7. The number of hydrogen-bond acceptors (Lipinski definition) is 5. The van der Waals surface area contributed by atoms with Gasteiger partial charge in [-0.25, -0.2) is 0 Å². The Balaban J connectivity index is 1.92. The normalized spacial score (nSPS) is 24.1. The predicted octanol–water partition coefficient (Wildman–Crippen LogP) is 3.19. The van der Waals surface area contributed by atoms with Crippen LogP contribution in [0, 0.1) is 0 Å². The summed E-state index contributed by atoms with van der Waals surface area (Å²) in [5.41, 5.74) is 0.774. The van der Waals surface area contributed by atoms with Crippen molar-refractivity contribution in [3.63, 3.8) is 0 Å². The molecule has 1 unspecified atom stereocenters. The van der Waals surface area contributed by atoms with Crippen molar-refractivity contribution in [3.8, 4) is 11.5 Å². The Morgan fingerprint density at radius 2 is 2.35 bits per heavy atom. The molecule has 2 aromatic heterocycles. The van der Waals surface area contributed by atoms with Crippen LogP contribution < -0.4 is 0 Å². The Morgan fingerprint density at radius 3 is 3.06 bits per heavy atom. The minimum absolute atomic E-state index is 0.0178. The van der Waals surface area contributed by atoms with Crippen molar-refractivity contribution >= 4 is 11.5 Å². The zero-order valence-corrected chi connectivity index (χ0v) is 10.4. The molecule has 3 rings (SSSR count). The Morgan fingerprint density at radius 1 is 1.41 bits per heavy atom. The van der Waals surface area contributed by atoms with E-state index in [1.807, 2.05) is 11.4 Å². The van der Waals surface area contributed by atoms with Gasteiger partial charge < -0.3 is 4.52 Å². The number of rotatable bonds is 2. The molecule has 0 saturated carbocycles. The lowest BCUT2D eigenvalue weighted by molar-refractivity contribution is 0.277. The first kappa shape index (κ1) is 10.7. The maximum absolute atomic E-state index is 5.40. The van der Waals surface area contributed by atoms with Crippen LogP contribution in [-0.4, -0.2) is 14.5 Å². The second-order valence-corrected chi connectivity index (χ2v) is 5.25. The van der Waals surface area contributed by atoms with Gasteiger partial charge in [-0.1, -0.05) is 24.2 Å². The number of hydrogen-bond donors (Lipinski definition) is 0. The van der Waals surface area contributed by atoms with Crippen LogP contribution in [0.25, 0.3) is 11.5 Å². The molecule has 2 heterocycles. The van der Waals surface area contributed by atoms with Gasteiger partial charge in [0, 0.05) is 5.38 Å². The first-order valence-electron chi connectivity index (χ1n) is 5.68. The van der Waals surface area contributed by atoms with E-state index in [2.05, 4.69) is 33.6 Å². The molecular weight excluding hydrogens is 234 g/mol. The molecule has 5 heteroatoms. The molecule has 0 spiro atoms. The molecule has 0 radical (unpaired) electrons. The van der Waals surface area contributed by atoms with Crippen LogP contribution >= 0.6 is 11.5 Å². The van der Waals surface area contributed by atoms with Gasteiger partial charge >= 0.3 is 0 Å². The van der Waals surface area contributed by atoms with Gasteiger partial charge in [0.25, 0.3) is 0 Å². The Kier molecular flexibility index (Phi) is 2.55. The number of aromatic nitrogens is 3. The van der Waals surface area contributed by atoms with Crippen LogP contribution in [0.15, 0.2) is 28.1 Å². The molecule has 0 N–H and O–H groups in total. The fraction of sp³-hybridized carbons (Fsp3) is 0.417. The van der Waals surface area contributed by atoms with E-state index in [9.17, 15) is 0 Å².